The Bertz CT molecular complexity index is 55.8. The molecule has 0 amide bonds. The van der Waals surface area contributed by atoms with Crippen LogP contribution >= 0.6 is 10.9 Å². The Balaban J connectivity index is 2.31. The zero-order valence-electron chi connectivity index (χ0n) is 3.13. The van der Waals surface area contributed by atoms with Gasteiger partial charge in [-0.25, -0.2) is 0 Å². The largest absolute Gasteiger partial charge is 0.308 e. The van der Waals surface area contributed by atoms with Crippen molar-refractivity contribution in [1.29, 1.82) is 0 Å². The van der Waals surface area contributed by atoms with E-state index in [9.17, 15) is 0 Å². The molecule has 1 rings (SSSR count). The van der Waals surface area contributed by atoms with E-state index >= 15 is 0 Å². The summed E-state index contributed by atoms with van der Waals surface area (Å²) >= 11 is 0. The van der Waals surface area contributed by atoms with Gasteiger partial charge in [-0.3, -0.25) is 4.18 Å². The van der Waals surface area contributed by atoms with Crippen molar-refractivity contribution in [1.82, 2.24) is 0 Å². The summed E-state index contributed by atoms with van der Waals surface area (Å²) in [6, 6.07) is 0. The number of rotatable bonds is 0. The fourth-order valence-electron chi connectivity index (χ4n) is 0.232. The van der Waals surface area contributed by atoms with Crippen LogP contribution in [0.5, 0.6) is 0 Å². The minimum atomic E-state index is -2.48. The summed E-state index contributed by atoms with van der Waals surface area (Å²) in [5.41, 5.74) is 0. The molecule has 1 heterocycles. The molecule has 38 valence electrons. The van der Waals surface area contributed by atoms with E-state index in [0.29, 0.717) is 12.4 Å². The third kappa shape index (κ3) is 0.652. The Hall–Kier alpha value is 0.230. The van der Waals surface area contributed by atoms with Crippen LogP contribution in [0.3, 0.4) is 0 Å². The van der Waals surface area contributed by atoms with E-state index in [1.807, 2.05) is 0 Å². The van der Waals surface area contributed by atoms with Gasteiger partial charge >= 0.3 is 0 Å². The van der Waals surface area contributed by atoms with E-state index in [4.69, 9.17) is 9.11 Å². The minimum absolute atomic E-state index is 0.424. The molecule has 0 unspecified atom stereocenters. The summed E-state index contributed by atoms with van der Waals surface area (Å²) in [5.74, 6) is 0.424. The maximum atomic E-state index is 8.33. The van der Waals surface area contributed by atoms with Gasteiger partial charge in [0.1, 0.15) is 0 Å². The van der Waals surface area contributed by atoms with Crippen molar-refractivity contribution in [2.24, 2.45) is 0 Å². The van der Waals surface area contributed by atoms with Gasteiger partial charge in [0, 0.05) is 0 Å². The van der Waals surface area contributed by atoms with Gasteiger partial charge in [0.15, 0.2) is 0 Å². The molecule has 0 radical (unpaired) electrons. The molecular weight excluding hydrogens is 104 g/mol. The molecule has 6 heavy (non-hydrogen) atoms. The Morgan fingerprint density at radius 3 is 1.83 bits per heavy atom. The minimum Gasteiger partial charge on any atom is -0.308 e. The molecule has 0 saturated carbocycles. The highest BCUT2D eigenvalue weighted by molar-refractivity contribution is 8.21. The van der Waals surface area contributed by atoms with Gasteiger partial charge in [-0.1, -0.05) is 0 Å². The normalized spacial score (nSPS) is 34.3. The molecular formula is C2H6O3S. The van der Waals surface area contributed by atoms with E-state index in [1.54, 1.807) is 0 Å². The van der Waals surface area contributed by atoms with E-state index in [-0.39, 0.29) is 0 Å². The summed E-state index contributed by atoms with van der Waals surface area (Å²) < 4.78 is 21.0. The molecule has 0 aliphatic carbocycles. The summed E-state index contributed by atoms with van der Waals surface area (Å²) in [6.07, 6.45) is 0. The van der Waals surface area contributed by atoms with Crippen molar-refractivity contribution in [2.75, 3.05) is 12.4 Å². The van der Waals surface area contributed by atoms with Crippen molar-refractivity contribution in [3.63, 3.8) is 0 Å². The number of hydrogen-bond acceptors (Lipinski definition) is 3. The molecule has 0 atom stereocenters. The van der Waals surface area contributed by atoms with E-state index in [2.05, 4.69) is 4.18 Å². The van der Waals surface area contributed by atoms with Gasteiger partial charge in [0.2, 0.25) is 0 Å². The lowest BCUT2D eigenvalue weighted by atomic mass is 10.9. The third-order valence-electron chi connectivity index (χ3n) is 0.621. The van der Waals surface area contributed by atoms with Gasteiger partial charge in [0.25, 0.3) is 0 Å². The molecule has 0 aromatic carbocycles. The van der Waals surface area contributed by atoms with Gasteiger partial charge in [0.05, 0.1) is 23.2 Å². The number of hydrogen-bond donors (Lipinski definition) is 2. The van der Waals surface area contributed by atoms with Crippen LogP contribution in [0.25, 0.3) is 0 Å². The second kappa shape index (κ2) is 1.10. The van der Waals surface area contributed by atoms with Crippen molar-refractivity contribution in [2.45, 2.75) is 0 Å². The Morgan fingerprint density at radius 1 is 1.50 bits per heavy atom. The molecule has 3 nitrogen and oxygen atoms in total. The first kappa shape index (κ1) is 4.39. The van der Waals surface area contributed by atoms with Gasteiger partial charge in [-0.2, -0.15) is 0 Å². The molecule has 1 saturated heterocycles. The summed E-state index contributed by atoms with van der Waals surface area (Å²) in [7, 11) is -2.48. The molecule has 0 bridgehead atoms. The van der Waals surface area contributed by atoms with Crippen LogP contribution in [0.2, 0.25) is 0 Å². The Labute approximate surface area is 37.5 Å². The van der Waals surface area contributed by atoms with Crippen LogP contribution in [-0.4, -0.2) is 21.5 Å². The van der Waals surface area contributed by atoms with E-state index in [0.717, 1.165) is 0 Å². The van der Waals surface area contributed by atoms with Crippen LogP contribution in [0.15, 0.2) is 0 Å². The lowest BCUT2D eigenvalue weighted by Crippen LogP contribution is -2.22. The molecule has 4 heteroatoms. The first-order valence-electron chi connectivity index (χ1n) is 1.61. The van der Waals surface area contributed by atoms with Crippen molar-refractivity contribution < 1.29 is 13.3 Å². The topological polar surface area (TPSA) is 49.7 Å². The SMILES string of the molecule is OS1(O)CCO1. The van der Waals surface area contributed by atoms with E-state index < -0.39 is 10.9 Å². The zero-order valence-corrected chi connectivity index (χ0v) is 3.94. The van der Waals surface area contributed by atoms with Crippen molar-refractivity contribution >= 4 is 10.9 Å². The van der Waals surface area contributed by atoms with Crippen molar-refractivity contribution in [3.8, 4) is 0 Å². The highest BCUT2D eigenvalue weighted by atomic mass is 32.3. The van der Waals surface area contributed by atoms with Crippen LogP contribution in [0.4, 0.5) is 0 Å². The summed E-state index contributed by atoms with van der Waals surface area (Å²) in [6.45, 7) is 0.502. The average molecular weight is 110 g/mol. The second-order valence-electron chi connectivity index (χ2n) is 1.13. The highest BCUT2D eigenvalue weighted by Gasteiger charge is 2.26. The standard InChI is InChI=1S/C2H6O3S/c3-6(4)2-1-5-6/h3-4H,1-2H2. The quantitative estimate of drug-likeness (QED) is 0.482. The summed E-state index contributed by atoms with van der Waals surface area (Å²) in [5, 5.41) is 0. The second-order valence-corrected chi connectivity index (χ2v) is 2.99. The predicted octanol–water partition coefficient (Wildman–Crippen LogP) is 0.682. The molecule has 1 aliphatic rings. The van der Waals surface area contributed by atoms with Crippen LogP contribution in [0.1, 0.15) is 0 Å². The Kier molecular flexibility index (Phi) is 0.804. The molecule has 0 aromatic heterocycles. The molecule has 1 fully saturated rings. The maximum Gasteiger partial charge on any atom is 0.0860 e. The smallest absolute Gasteiger partial charge is 0.0860 e. The molecule has 0 spiro atoms. The lowest BCUT2D eigenvalue weighted by Gasteiger charge is -2.34. The van der Waals surface area contributed by atoms with Gasteiger partial charge in [-0.15, -0.1) is 0 Å². The highest BCUT2D eigenvalue weighted by Crippen LogP contribution is 2.46. The molecule has 1 aliphatic heterocycles. The van der Waals surface area contributed by atoms with Crippen LogP contribution in [0, 0.1) is 0 Å². The third-order valence-corrected chi connectivity index (χ3v) is 1.86. The molecule has 0 aromatic rings. The lowest BCUT2D eigenvalue weighted by molar-refractivity contribution is 0.225. The van der Waals surface area contributed by atoms with Gasteiger partial charge < -0.3 is 9.11 Å². The first-order chi connectivity index (χ1) is 2.71. The predicted molar refractivity (Wildman–Crippen MR) is 23.7 cm³/mol. The zero-order chi connectivity index (χ0) is 4.62. The monoisotopic (exact) mass is 110 g/mol. The fraction of sp³-hybridized carbons (Fsp3) is 1.00. The first-order valence-corrected chi connectivity index (χ1v) is 3.25. The van der Waals surface area contributed by atoms with Crippen LogP contribution in [-0.2, 0) is 4.18 Å². The molecule has 2 N–H and O–H groups in total. The Morgan fingerprint density at radius 2 is 1.83 bits per heavy atom. The maximum absolute atomic E-state index is 8.33. The van der Waals surface area contributed by atoms with Crippen LogP contribution < -0.4 is 0 Å². The van der Waals surface area contributed by atoms with Gasteiger partial charge in [-0.05, 0) is 0 Å². The average Bonchev–Trinajstić information content (AvgIpc) is 1.32. The summed E-state index contributed by atoms with van der Waals surface area (Å²) in [4.78, 5) is 0. The van der Waals surface area contributed by atoms with E-state index in [1.165, 1.54) is 0 Å². The fourth-order valence-corrected chi connectivity index (χ4v) is 0.697. The van der Waals surface area contributed by atoms with Crippen molar-refractivity contribution in [3.05, 3.63) is 0 Å².